The lowest BCUT2D eigenvalue weighted by Gasteiger charge is -2.42. The first kappa shape index (κ1) is 23.2. The quantitative estimate of drug-likeness (QED) is 0.361. The SMILES string of the molecule is [2H]C([2H])([2H])Oc1cc(N2CCC(N3CCN(C)CC3)CC2)ccc1Nc1ncc(Cl)c(Nc2ccccc2N(C([2H])([2H])[2H])S(C)(=O)=O)n1. The van der Waals surface area contributed by atoms with E-state index in [1.54, 1.807) is 18.2 Å². The molecule has 0 saturated carbocycles. The van der Waals surface area contributed by atoms with Gasteiger partial charge < -0.3 is 25.2 Å². The number of likely N-dealkylation sites (N-methyl/N-ethyl adjacent to an activating group) is 1. The molecular formula is C29H39ClN8O3S. The van der Waals surface area contributed by atoms with Crippen molar-refractivity contribution < 1.29 is 21.4 Å². The molecule has 13 heteroatoms. The maximum absolute atomic E-state index is 12.5. The average molecular weight is 621 g/mol. The zero-order chi connectivity index (χ0) is 34.9. The van der Waals surface area contributed by atoms with E-state index >= 15 is 0 Å². The number of piperazine rings is 1. The number of rotatable bonds is 9. The number of nitrogens with zero attached hydrogens (tertiary/aromatic N) is 6. The van der Waals surface area contributed by atoms with Crippen molar-refractivity contribution in [3.05, 3.63) is 53.7 Å². The first-order valence-electron chi connectivity index (χ1n) is 16.6. The van der Waals surface area contributed by atoms with Gasteiger partial charge in [-0.15, -0.1) is 0 Å². The molecule has 0 bridgehead atoms. The predicted molar refractivity (Wildman–Crippen MR) is 171 cm³/mol. The van der Waals surface area contributed by atoms with Gasteiger partial charge in [-0.1, -0.05) is 23.7 Å². The van der Waals surface area contributed by atoms with Crippen molar-refractivity contribution in [2.24, 2.45) is 0 Å². The van der Waals surface area contributed by atoms with Crippen LogP contribution in [0.4, 0.5) is 34.5 Å². The zero-order valence-corrected chi connectivity index (χ0v) is 25.1. The van der Waals surface area contributed by atoms with Gasteiger partial charge in [-0.2, -0.15) is 4.98 Å². The molecule has 2 fully saturated rings. The Morgan fingerprint density at radius 1 is 1.05 bits per heavy atom. The van der Waals surface area contributed by atoms with Crippen molar-refractivity contribution in [1.29, 1.82) is 0 Å². The molecule has 11 nitrogen and oxygen atoms in total. The summed E-state index contributed by atoms with van der Waals surface area (Å²) in [7, 11) is -4.79. The monoisotopic (exact) mass is 620 g/mol. The molecule has 0 amide bonds. The predicted octanol–water partition coefficient (Wildman–Crippen LogP) is 4.24. The number of piperidine rings is 1. The summed E-state index contributed by atoms with van der Waals surface area (Å²) in [5.41, 5.74) is 1.09. The second-order valence-corrected chi connectivity index (χ2v) is 12.8. The van der Waals surface area contributed by atoms with Crippen LogP contribution in [0.3, 0.4) is 0 Å². The Bertz CT molecular complexity index is 1700. The van der Waals surface area contributed by atoms with Gasteiger partial charge in [0.15, 0.2) is 5.82 Å². The molecule has 0 spiro atoms. The lowest BCUT2D eigenvalue weighted by atomic mass is 10.0. The van der Waals surface area contributed by atoms with E-state index in [4.69, 9.17) is 24.6 Å². The van der Waals surface area contributed by atoms with Crippen LogP contribution in [-0.4, -0.2) is 101 Å². The van der Waals surface area contributed by atoms with E-state index in [1.165, 1.54) is 24.4 Å². The summed E-state index contributed by atoms with van der Waals surface area (Å²) in [5, 5.41) is 5.97. The minimum absolute atomic E-state index is 0.0197. The molecule has 42 heavy (non-hydrogen) atoms. The van der Waals surface area contributed by atoms with Gasteiger partial charge in [0.2, 0.25) is 16.0 Å². The van der Waals surface area contributed by atoms with Crippen molar-refractivity contribution in [1.82, 2.24) is 19.8 Å². The number of methoxy groups -OCH3 is 1. The van der Waals surface area contributed by atoms with Gasteiger partial charge in [0, 0.05) is 68.2 Å². The van der Waals surface area contributed by atoms with Crippen LogP contribution in [-0.2, 0) is 10.0 Å². The molecule has 0 radical (unpaired) electrons. The average Bonchev–Trinajstić information content (AvgIpc) is 2.99. The van der Waals surface area contributed by atoms with Crippen molar-refractivity contribution in [2.45, 2.75) is 18.9 Å². The Morgan fingerprint density at radius 3 is 2.52 bits per heavy atom. The minimum atomic E-state index is -4.21. The number of nitrogens with one attached hydrogen (secondary N) is 2. The van der Waals surface area contributed by atoms with Gasteiger partial charge in [-0.05, 0) is 44.2 Å². The molecule has 0 atom stereocenters. The lowest BCUT2D eigenvalue weighted by molar-refractivity contribution is 0.0982. The van der Waals surface area contributed by atoms with Crippen LogP contribution in [0, 0.1) is 0 Å². The third-order valence-corrected chi connectivity index (χ3v) is 8.79. The van der Waals surface area contributed by atoms with E-state index in [0.717, 1.165) is 64.1 Å². The summed E-state index contributed by atoms with van der Waals surface area (Å²) in [4.78, 5) is 15.8. The summed E-state index contributed by atoms with van der Waals surface area (Å²) >= 11 is 6.38. The van der Waals surface area contributed by atoms with E-state index in [2.05, 4.69) is 42.3 Å². The molecule has 2 aliphatic heterocycles. The number of hydrogen-bond donors (Lipinski definition) is 2. The van der Waals surface area contributed by atoms with Crippen LogP contribution in [0.1, 0.15) is 21.1 Å². The number of para-hydroxylation sites is 2. The Balaban J connectivity index is 1.36. The second kappa shape index (κ2) is 12.9. The molecule has 0 aliphatic carbocycles. The number of anilines is 6. The fourth-order valence-electron chi connectivity index (χ4n) is 5.27. The Morgan fingerprint density at radius 2 is 1.81 bits per heavy atom. The third kappa shape index (κ3) is 7.00. The Hall–Kier alpha value is -3.32. The van der Waals surface area contributed by atoms with E-state index in [-0.39, 0.29) is 33.9 Å². The molecule has 2 aliphatic rings. The standard InChI is InChI=1S/C29H39ClN8O3S/c1-35-15-17-38(18-16-35)21-11-13-37(14-12-21)22-9-10-25(27(19-22)41-3)33-29-31-20-23(30)28(34-29)32-24-7-5-6-8-26(24)36(2)42(4,39)40/h5-10,19-21H,11-18H2,1-4H3,(H2,31,32,33,34)/i2D3,3D3. The molecule has 2 aromatic carbocycles. The van der Waals surface area contributed by atoms with Crippen LogP contribution in [0.15, 0.2) is 48.7 Å². The molecular weight excluding hydrogens is 576 g/mol. The summed E-state index contributed by atoms with van der Waals surface area (Å²) in [6, 6.07) is 11.7. The topological polar surface area (TPSA) is 106 Å². The summed E-state index contributed by atoms with van der Waals surface area (Å²) < 4.78 is 77.4. The molecule has 5 rings (SSSR count). The molecule has 226 valence electrons. The van der Waals surface area contributed by atoms with E-state index in [1.807, 2.05) is 6.07 Å². The molecule has 2 N–H and O–H groups in total. The molecule has 1 aromatic heterocycles. The maximum Gasteiger partial charge on any atom is 0.232 e. The largest absolute Gasteiger partial charge is 0.494 e. The van der Waals surface area contributed by atoms with E-state index < -0.39 is 24.0 Å². The van der Waals surface area contributed by atoms with Crippen LogP contribution in [0.25, 0.3) is 0 Å². The molecule has 2 saturated heterocycles. The number of hydrogen-bond acceptors (Lipinski definition) is 10. The molecule has 3 aromatic rings. The summed E-state index contributed by atoms with van der Waals surface area (Å²) in [6.07, 6.45) is 4.11. The number of aromatic nitrogens is 2. The highest BCUT2D eigenvalue weighted by Crippen LogP contribution is 2.35. The first-order chi connectivity index (χ1) is 22.5. The van der Waals surface area contributed by atoms with Gasteiger partial charge in [-0.3, -0.25) is 9.21 Å². The van der Waals surface area contributed by atoms with Crippen molar-refractivity contribution in [2.75, 3.05) is 86.4 Å². The van der Waals surface area contributed by atoms with Crippen LogP contribution >= 0.6 is 11.6 Å². The highest BCUT2D eigenvalue weighted by atomic mass is 35.5. The molecule has 0 unspecified atom stereocenters. The first-order valence-corrected chi connectivity index (χ1v) is 15.9. The summed E-state index contributed by atoms with van der Waals surface area (Å²) in [5.74, 6) is 0.138. The fraction of sp³-hybridized carbons (Fsp3) is 0.448. The minimum Gasteiger partial charge on any atom is -0.494 e. The van der Waals surface area contributed by atoms with E-state index in [9.17, 15) is 8.42 Å². The summed E-state index contributed by atoms with van der Waals surface area (Å²) in [6.45, 7) is 2.92. The number of benzene rings is 2. The van der Waals surface area contributed by atoms with Crippen LogP contribution < -0.4 is 24.6 Å². The smallest absolute Gasteiger partial charge is 0.232 e. The zero-order valence-electron chi connectivity index (χ0n) is 29.5. The Labute approximate surface area is 261 Å². The highest BCUT2D eigenvalue weighted by molar-refractivity contribution is 7.92. The van der Waals surface area contributed by atoms with Gasteiger partial charge >= 0.3 is 0 Å². The third-order valence-electron chi connectivity index (χ3n) is 7.66. The highest BCUT2D eigenvalue weighted by Gasteiger charge is 2.27. The number of ether oxygens (including phenoxy) is 1. The van der Waals surface area contributed by atoms with Crippen molar-refractivity contribution in [3.8, 4) is 5.75 Å². The Kier molecular flexibility index (Phi) is 7.12. The van der Waals surface area contributed by atoms with Crippen molar-refractivity contribution >= 4 is 56.1 Å². The number of halogens is 1. The van der Waals surface area contributed by atoms with Gasteiger partial charge in [-0.25, -0.2) is 13.4 Å². The van der Waals surface area contributed by atoms with Crippen LogP contribution in [0.5, 0.6) is 5.75 Å². The van der Waals surface area contributed by atoms with Gasteiger partial charge in [0.1, 0.15) is 10.8 Å². The normalized spacial score (nSPS) is 19.9. The molecule has 3 heterocycles. The van der Waals surface area contributed by atoms with Crippen LogP contribution in [0.2, 0.25) is 5.02 Å². The van der Waals surface area contributed by atoms with Gasteiger partial charge in [0.05, 0.1) is 40.7 Å². The second-order valence-electron chi connectivity index (χ2n) is 10.5. The fourth-order valence-corrected chi connectivity index (χ4v) is 5.92. The lowest BCUT2D eigenvalue weighted by Crippen LogP contribution is -2.52. The maximum atomic E-state index is 12.5. The van der Waals surface area contributed by atoms with Crippen molar-refractivity contribution in [3.63, 3.8) is 0 Å². The van der Waals surface area contributed by atoms with E-state index in [0.29, 0.717) is 16.0 Å². The number of sulfonamides is 1. The van der Waals surface area contributed by atoms with Gasteiger partial charge in [0.25, 0.3) is 0 Å².